The van der Waals surface area contributed by atoms with Gasteiger partial charge in [0.05, 0.1) is 5.01 Å². The number of thiazole rings is 1. The predicted octanol–water partition coefficient (Wildman–Crippen LogP) is 3.41. The number of aromatic nitrogens is 1. The summed E-state index contributed by atoms with van der Waals surface area (Å²) < 4.78 is 0. The molecule has 1 unspecified atom stereocenters. The maximum absolute atomic E-state index is 4.36. The summed E-state index contributed by atoms with van der Waals surface area (Å²) in [5.74, 6) is 0. The summed E-state index contributed by atoms with van der Waals surface area (Å²) in [6, 6.07) is 0.405. The monoisotopic (exact) mass is 252 g/mol. The lowest BCUT2D eigenvalue weighted by Gasteiger charge is -2.16. The lowest BCUT2D eigenvalue weighted by Crippen LogP contribution is -2.23. The van der Waals surface area contributed by atoms with E-state index in [-0.39, 0.29) is 0 Å². The summed E-state index contributed by atoms with van der Waals surface area (Å²) in [6.45, 7) is 5.32. The van der Waals surface area contributed by atoms with Gasteiger partial charge in [0, 0.05) is 24.0 Å². The molecule has 1 atom stereocenters. The molecule has 0 aliphatic rings. The Morgan fingerprint density at radius 2 is 2.31 bits per heavy atom. The van der Waals surface area contributed by atoms with Crippen LogP contribution in [-0.2, 0) is 6.42 Å². The molecule has 0 radical (unpaired) electrons. The fourth-order valence-corrected chi connectivity index (χ4v) is 3.36. The molecule has 0 bridgehead atoms. The Kier molecular flexibility index (Phi) is 4.09. The van der Waals surface area contributed by atoms with Crippen LogP contribution in [0.15, 0.2) is 22.3 Å². The van der Waals surface area contributed by atoms with Crippen LogP contribution in [0.2, 0.25) is 0 Å². The Morgan fingerprint density at radius 3 is 2.88 bits per heavy atom. The molecule has 86 valence electrons. The van der Waals surface area contributed by atoms with Crippen molar-refractivity contribution in [1.29, 1.82) is 0 Å². The Bertz CT molecular complexity index is 420. The SMILES string of the molecule is CCNC(Cc1nccs1)c1cscc1C. The van der Waals surface area contributed by atoms with E-state index in [0.29, 0.717) is 6.04 Å². The molecule has 0 spiro atoms. The first-order chi connectivity index (χ1) is 7.81. The van der Waals surface area contributed by atoms with Gasteiger partial charge in [-0.1, -0.05) is 6.92 Å². The minimum atomic E-state index is 0.405. The van der Waals surface area contributed by atoms with Crippen LogP contribution in [0.1, 0.15) is 29.1 Å². The molecule has 4 heteroatoms. The van der Waals surface area contributed by atoms with Crippen molar-refractivity contribution in [3.8, 4) is 0 Å². The summed E-state index contributed by atoms with van der Waals surface area (Å²) in [5, 5.41) is 11.2. The van der Waals surface area contributed by atoms with Crippen molar-refractivity contribution in [2.45, 2.75) is 26.3 Å². The van der Waals surface area contributed by atoms with Gasteiger partial charge in [0.2, 0.25) is 0 Å². The number of nitrogens with zero attached hydrogens (tertiary/aromatic N) is 1. The lowest BCUT2D eigenvalue weighted by atomic mass is 10.0. The van der Waals surface area contributed by atoms with E-state index in [2.05, 4.69) is 34.9 Å². The van der Waals surface area contributed by atoms with E-state index < -0.39 is 0 Å². The predicted molar refractivity (Wildman–Crippen MR) is 71.3 cm³/mol. The average molecular weight is 252 g/mol. The highest BCUT2D eigenvalue weighted by atomic mass is 32.1. The second-order valence-corrected chi connectivity index (χ2v) is 5.47. The van der Waals surface area contributed by atoms with E-state index in [9.17, 15) is 0 Å². The molecule has 2 rings (SSSR count). The maximum atomic E-state index is 4.36. The van der Waals surface area contributed by atoms with Gasteiger partial charge in [-0.2, -0.15) is 11.3 Å². The third-order valence-corrected chi connectivity index (χ3v) is 4.26. The summed E-state index contributed by atoms with van der Waals surface area (Å²) in [5.41, 5.74) is 2.80. The van der Waals surface area contributed by atoms with Gasteiger partial charge in [0.15, 0.2) is 0 Å². The van der Waals surface area contributed by atoms with Crippen LogP contribution in [0.3, 0.4) is 0 Å². The topological polar surface area (TPSA) is 24.9 Å². The molecule has 2 nitrogen and oxygen atoms in total. The molecular weight excluding hydrogens is 236 g/mol. The molecule has 0 saturated carbocycles. The standard InChI is InChI=1S/C12H16N2S2/c1-3-13-11(6-12-14-4-5-16-12)10-8-15-7-9(10)2/h4-5,7-8,11,13H,3,6H2,1-2H3. The van der Waals surface area contributed by atoms with E-state index in [4.69, 9.17) is 0 Å². The Balaban J connectivity index is 2.14. The zero-order valence-corrected chi connectivity index (χ0v) is 11.2. The average Bonchev–Trinajstić information content (AvgIpc) is 2.88. The van der Waals surface area contributed by atoms with Crippen molar-refractivity contribution in [1.82, 2.24) is 10.3 Å². The van der Waals surface area contributed by atoms with Crippen LogP contribution in [0, 0.1) is 6.92 Å². The molecule has 2 aromatic heterocycles. The second-order valence-electron chi connectivity index (χ2n) is 3.75. The first-order valence-electron chi connectivity index (χ1n) is 5.45. The Hall–Kier alpha value is -0.710. The zero-order valence-electron chi connectivity index (χ0n) is 9.56. The molecule has 0 amide bonds. The number of rotatable bonds is 5. The third-order valence-electron chi connectivity index (χ3n) is 2.58. The number of hydrogen-bond donors (Lipinski definition) is 1. The first-order valence-corrected chi connectivity index (χ1v) is 7.28. The van der Waals surface area contributed by atoms with Crippen molar-refractivity contribution in [2.75, 3.05) is 6.54 Å². The van der Waals surface area contributed by atoms with E-state index in [1.807, 2.05) is 11.6 Å². The number of hydrogen-bond acceptors (Lipinski definition) is 4. The van der Waals surface area contributed by atoms with Gasteiger partial charge < -0.3 is 5.32 Å². The van der Waals surface area contributed by atoms with Gasteiger partial charge in [-0.3, -0.25) is 0 Å². The van der Waals surface area contributed by atoms with E-state index in [1.165, 1.54) is 16.1 Å². The van der Waals surface area contributed by atoms with Gasteiger partial charge in [0.25, 0.3) is 0 Å². The molecule has 2 aromatic rings. The van der Waals surface area contributed by atoms with Crippen molar-refractivity contribution in [3.63, 3.8) is 0 Å². The van der Waals surface area contributed by atoms with Crippen molar-refractivity contribution < 1.29 is 0 Å². The normalized spacial score (nSPS) is 12.9. The van der Waals surface area contributed by atoms with Crippen LogP contribution in [0.4, 0.5) is 0 Å². The highest BCUT2D eigenvalue weighted by Crippen LogP contribution is 2.25. The molecule has 0 aliphatic heterocycles. The molecular formula is C12H16N2S2. The molecule has 0 aliphatic carbocycles. The van der Waals surface area contributed by atoms with Crippen molar-refractivity contribution in [3.05, 3.63) is 38.5 Å². The minimum absolute atomic E-state index is 0.405. The van der Waals surface area contributed by atoms with Gasteiger partial charge in [-0.25, -0.2) is 4.98 Å². The maximum Gasteiger partial charge on any atom is 0.0943 e. The third kappa shape index (κ3) is 2.70. The van der Waals surface area contributed by atoms with Crippen molar-refractivity contribution in [2.24, 2.45) is 0 Å². The fourth-order valence-electron chi connectivity index (χ4n) is 1.79. The Morgan fingerprint density at radius 1 is 1.44 bits per heavy atom. The number of thiophene rings is 1. The summed E-state index contributed by atoms with van der Waals surface area (Å²) >= 11 is 3.51. The number of aryl methyl sites for hydroxylation is 1. The highest BCUT2D eigenvalue weighted by Gasteiger charge is 2.15. The van der Waals surface area contributed by atoms with Gasteiger partial charge in [-0.05, 0) is 35.4 Å². The number of nitrogens with one attached hydrogen (secondary N) is 1. The van der Waals surface area contributed by atoms with Crippen molar-refractivity contribution >= 4 is 22.7 Å². The second kappa shape index (κ2) is 5.57. The molecule has 0 saturated heterocycles. The van der Waals surface area contributed by atoms with E-state index >= 15 is 0 Å². The summed E-state index contributed by atoms with van der Waals surface area (Å²) in [4.78, 5) is 4.36. The Labute approximate surface area is 104 Å². The fraction of sp³-hybridized carbons (Fsp3) is 0.417. The quantitative estimate of drug-likeness (QED) is 0.882. The summed E-state index contributed by atoms with van der Waals surface area (Å²) in [6.07, 6.45) is 2.87. The van der Waals surface area contributed by atoms with Crippen LogP contribution >= 0.6 is 22.7 Å². The lowest BCUT2D eigenvalue weighted by molar-refractivity contribution is 0.548. The van der Waals surface area contributed by atoms with Crippen LogP contribution in [-0.4, -0.2) is 11.5 Å². The first kappa shape index (κ1) is 11.8. The summed E-state index contributed by atoms with van der Waals surface area (Å²) in [7, 11) is 0. The van der Waals surface area contributed by atoms with Crippen LogP contribution in [0.5, 0.6) is 0 Å². The highest BCUT2D eigenvalue weighted by molar-refractivity contribution is 7.09. The van der Waals surface area contributed by atoms with E-state index in [1.54, 1.807) is 22.7 Å². The molecule has 0 aromatic carbocycles. The molecule has 16 heavy (non-hydrogen) atoms. The molecule has 1 N–H and O–H groups in total. The number of likely N-dealkylation sites (N-methyl/N-ethyl adjacent to an activating group) is 1. The smallest absolute Gasteiger partial charge is 0.0943 e. The zero-order chi connectivity index (χ0) is 11.4. The van der Waals surface area contributed by atoms with Crippen LogP contribution in [0.25, 0.3) is 0 Å². The molecule has 0 fully saturated rings. The van der Waals surface area contributed by atoms with Gasteiger partial charge in [0.1, 0.15) is 0 Å². The molecule has 2 heterocycles. The van der Waals surface area contributed by atoms with Gasteiger partial charge >= 0.3 is 0 Å². The van der Waals surface area contributed by atoms with Crippen LogP contribution < -0.4 is 5.32 Å². The van der Waals surface area contributed by atoms with Gasteiger partial charge in [-0.15, -0.1) is 11.3 Å². The largest absolute Gasteiger partial charge is 0.310 e. The minimum Gasteiger partial charge on any atom is -0.310 e. The van der Waals surface area contributed by atoms with E-state index in [0.717, 1.165) is 13.0 Å².